The van der Waals surface area contributed by atoms with Crippen molar-refractivity contribution in [2.75, 3.05) is 5.75 Å². The smallest absolute Gasteiger partial charge is 0.266 e. The number of nitrogens with one attached hydrogen (secondary N) is 1. The quantitative estimate of drug-likeness (QED) is 0.431. The summed E-state index contributed by atoms with van der Waals surface area (Å²) in [6.07, 6.45) is 0. The van der Waals surface area contributed by atoms with Crippen LogP contribution in [0.25, 0.3) is 32.1 Å². The van der Waals surface area contributed by atoms with E-state index in [1.165, 1.54) is 22.3 Å². The Hall–Kier alpha value is -1.95. The summed E-state index contributed by atoms with van der Waals surface area (Å²) >= 11 is 9.45. The number of halogens is 1. The number of hydrogen-bond acceptors (Lipinski definition) is 4. The average Bonchev–Trinajstić information content (AvgIpc) is 3.08. The van der Waals surface area contributed by atoms with Crippen LogP contribution in [-0.4, -0.2) is 15.8 Å². The zero-order valence-corrected chi connectivity index (χ0v) is 15.7. The van der Waals surface area contributed by atoms with Gasteiger partial charge in [-0.3, -0.25) is 4.79 Å². The summed E-state index contributed by atoms with van der Waals surface area (Å²) in [5, 5.41) is 14.4. The maximum Gasteiger partial charge on any atom is 0.266 e. The first kappa shape index (κ1) is 16.5. The lowest BCUT2D eigenvalue weighted by Gasteiger charge is -2.12. The van der Waals surface area contributed by atoms with Crippen molar-refractivity contribution in [3.05, 3.63) is 57.2 Å². The highest BCUT2D eigenvalue weighted by Crippen LogP contribution is 2.42. The van der Waals surface area contributed by atoms with E-state index in [9.17, 15) is 9.90 Å². The van der Waals surface area contributed by atoms with Crippen molar-refractivity contribution in [3.8, 4) is 16.9 Å². The number of phenols is 1. The molecule has 4 aromatic rings. The van der Waals surface area contributed by atoms with Gasteiger partial charge in [-0.05, 0) is 34.9 Å². The fourth-order valence-electron chi connectivity index (χ4n) is 3.06. The number of rotatable bonds is 3. The lowest BCUT2D eigenvalue weighted by Crippen LogP contribution is -2.05. The molecule has 0 aliphatic carbocycles. The first-order valence-electron chi connectivity index (χ1n) is 7.78. The Morgan fingerprint density at radius 3 is 2.72 bits per heavy atom. The molecule has 6 heteroatoms. The maximum absolute atomic E-state index is 12.3. The number of aromatic nitrogens is 1. The van der Waals surface area contributed by atoms with Gasteiger partial charge in [0.05, 0.1) is 10.5 Å². The van der Waals surface area contributed by atoms with E-state index >= 15 is 0 Å². The fraction of sp³-hybridized carbons (Fsp3) is 0.105. The minimum absolute atomic E-state index is 0.105. The highest BCUT2D eigenvalue weighted by molar-refractivity contribution is 7.99. The molecule has 4 rings (SSSR count). The summed E-state index contributed by atoms with van der Waals surface area (Å²) < 4.78 is 0.633. The van der Waals surface area contributed by atoms with Crippen LogP contribution in [0.5, 0.6) is 5.75 Å². The van der Waals surface area contributed by atoms with E-state index in [1.807, 2.05) is 35.7 Å². The molecule has 126 valence electrons. The SMILES string of the molecule is CCSc1ccc(-c2c(O)cc(Cl)c3[nH]c(=O)c4sccc4c23)cc1. The highest BCUT2D eigenvalue weighted by Gasteiger charge is 2.18. The molecule has 0 radical (unpaired) electrons. The lowest BCUT2D eigenvalue weighted by atomic mass is 9.97. The van der Waals surface area contributed by atoms with Crippen LogP contribution in [0, 0.1) is 0 Å². The Morgan fingerprint density at radius 2 is 2.00 bits per heavy atom. The van der Waals surface area contributed by atoms with Crippen LogP contribution in [0.2, 0.25) is 5.02 Å². The van der Waals surface area contributed by atoms with Gasteiger partial charge in [0.1, 0.15) is 10.4 Å². The second-order valence-corrected chi connectivity index (χ2v) is 8.24. The molecule has 2 aromatic heterocycles. The Balaban J connectivity index is 2.09. The molecule has 0 aliphatic heterocycles. The fourth-order valence-corrected chi connectivity index (χ4v) is 4.76. The minimum Gasteiger partial charge on any atom is -0.507 e. The lowest BCUT2D eigenvalue weighted by molar-refractivity contribution is 0.478. The molecular weight excluding hydrogens is 374 g/mol. The Kier molecular flexibility index (Phi) is 4.23. The average molecular weight is 388 g/mol. The van der Waals surface area contributed by atoms with Gasteiger partial charge in [0, 0.05) is 27.3 Å². The van der Waals surface area contributed by atoms with Crippen LogP contribution in [0.4, 0.5) is 0 Å². The molecule has 0 atom stereocenters. The maximum atomic E-state index is 12.3. The van der Waals surface area contributed by atoms with Gasteiger partial charge in [0.15, 0.2) is 0 Å². The first-order chi connectivity index (χ1) is 12.1. The Morgan fingerprint density at radius 1 is 1.24 bits per heavy atom. The zero-order chi connectivity index (χ0) is 17.6. The summed E-state index contributed by atoms with van der Waals surface area (Å²) in [5.41, 5.74) is 1.97. The number of pyridine rings is 1. The molecule has 0 spiro atoms. The summed E-state index contributed by atoms with van der Waals surface area (Å²) in [6, 6.07) is 11.5. The van der Waals surface area contributed by atoms with E-state index in [2.05, 4.69) is 11.9 Å². The molecule has 3 nitrogen and oxygen atoms in total. The van der Waals surface area contributed by atoms with Gasteiger partial charge in [-0.25, -0.2) is 0 Å². The van der Waals surface area contributed by atoms with Crippen molar-refractivity contribution < 1.29 is 5.11 Å². The predicted octanol–water partition coefficient (Wildman–Crippen LogP) is 5.88. The number of thioether (sulfide) groups is 1. The molecule has 2 N–H and O–H groups in total. The molecule has 0 amide bonds. The summed E-state index contributed by atoms with van der Waals surface area (Å²) in [7, 11) is 0. The van der Waals surface area contributed by atoms with Crippen LogP contribution in [0.3, 0.4) is 0 Å². The number of thiophene rings is 1. The van der Waals surface area contributed by atoms with E-state index in [0.29, 0.717) is 20.8 Å². The van der Waals surface area contributed by atoms with Crippen molar-refractivity contribution in [1.82, 2.24) is 4.98 Å². The van der Waals surface area contributed by atoms with Crippen molar-refractivity contribution in [2.24, 2.45) is 0 Å². The van der Waals surface area contributed by atoms with Gasteiger partial charge < -0.3 is 10.1 Å². The summed E-state index contributed by atoms with van der Waals surface area (Å²) in [4.78, 5) is 16.3. The van der Waals surface area contributed by atoms with Crippen LogP contribution in [0.15, 0.2) is 51.5 Å². The summed E-state index contributed by atoms with van der Waals surface area (Å²) in [6.45, 7) is 2.11. The van der Waals surface area contributed by atoms with E-state index < -0.39 is 0 Å². The molecular formula is C19H14ClNO2S2. The monoisotopic (exact) mass is 387 g/mol. The molecule has 0 unspecified atom stereocenters. The van der Waals surface area contributed by atoms with Gasteiger partial charge in [-0.15, -0.1) is 23.1 Å². The number of benzene rings is 2. The molecule has 25 heavy (non-hydrogen) atoms. The van der Waals surface area contributed by atoms with Gasteiger partial charge in [-0.1, -0.05) is 30.7 Å². The van der Waals surface area contributed by atoms with Gasteiger partial charge >= 0.3 is 0 Å². The van der Waals surface area contributed by atoms with E-state index in [1.54, 1.807) is 11.8 Å². The van der Waals surface area contributed by atoms with E-state index in [4.69, 9.17) is 11.6 Å². The van der Waals surface area contributed by atoms with Crippen LogP contribution < -0.4 is 5.56 Å². The van der Waals surface area contributed by atoms with E-state index in [0.717, 1.165) is 22.1 Å². The highest BCUT2D eigenvalue weighted by atomic mass is 35.5. The van der Waals surface area contributed by atoms with Gasteiger partial charge in [0.2, 0.25) is 0 Å². The number of hydrogen-bond donors (Lipinski definition) is 2. The number of phenolic OH excluding ortho intramolecular Hbond substituents is 1. The molecule has 2 aromatic carbocycles. The number of fused-ring (bicyclic) bond motifs is 3. The third-order valence-corrected chi connectivity index (χ3v) is 6.20. The normalized spacial score (nSPS) is 11.4. The standard InChI is InChI=1S/C19H14ClNO2S2/c1-2-24-11-5-3-10(4-6-11)15-14(22)9-13(20)17-16(15)12-7-8-25-18(12)19(23)21-17/h3-9,22H,2H2,1H3,(H,21,23). The predicted molar refractivity (Wildman–Crippen MR) is 108 cm³/mol. The second-order valence-electron chi connectivity index (χ2n) is 5.58. The third-order valence-electron chi connectivity index (χ3n) is 4.09. The third kappa shape index (κ3) is 2.72. The van der Waals surface area contributed by atoms with Crippen molar-refractivity contribution in [1.29, 1.82) is 0 Å². The summed E-state index contributed by atoms with van der Waals surface area (Å²) in [5.74, 6) is 1.11. The Labute approximate surface area is 157 Å². The van der Waals surface area contributed by atoms with Crippen molar-refractivity contribution in [3.63, 3.8) is 0 Å². The van der Waals surface area contributed by atoms with Crippen LogP contribution >= 0.6 is 34.7 Å². The number of aromatic amines is 1. The van der Waals surface area contributed by atoms with Gasteiger partial charge in [0.25, 0.3) is 5.56 Å². The van der Waals surface area contributed by atoms with Crippen LogP contribution in [-0.2, 0) is 0 Å². The topological polar surface area (TPSA) is 53.1 Å². The minimum atomic E-state index is -0.161. The molecule has 0 bridgehead atoms. The number of H-pyrrole nitrogens is 1. The van der Waals surface area contributed by atoms with Crippen LogP contribution in [0.1, 0.15) is 6.92 Å². The van der Waals surface area contributed by atoms with E-state index in [-0.39, 0.29) is 11.3 Å². The molecule has 0 saturated heterocycles. The Bertz CT molecular complexity index is 1150. The number of aromatic hydroxyl groups is 1. The van der Waals surface area contributed by atoms with Gasteiger partial charge in [-0.2, -0.15) is 0 Å². The molecule has 0 fully saturated rings. The van der Waals surface area contributed by atoms with Crippen molar-refractivity contribution >= 4 is 55.7 Å². The molecule has 0 saturated carbocycles. The van der Waals surface area contributed by atoms with Crippen molar-refractivity contribution in [2.45, 2.75) is 11.8 Å². The molecule has 0 aliphatic rings. The second kappa shape index (κ2) is 6.41. The zero-order valence-electron chi connectivity index (χ0n) is 13.3. The first-order valence-corrected chi connectivity index (χ1v) is 10.0. The largest absolute Gasteiger partial charge is 0.507 e. The molecule has 2 heterocycles.